The van der Waals surface area contributed by atoms with Gasteiger partial charge < -0.3 is 9.30 Å². The van der Waals surface area contributed by atoms with Crippen LogP contribution in [-0.2, 0) is 0 Å². The van der Waals surface area contributed by atoms with Crippen molar-refractivity contribution in [2.75, 3.05) is 24.7 Å². The molecule has 4 rings (SSSR count). The average molecular weight is 323 g/mol. The van der Waals surface area contributed by atoms with E-state index in [2.05, 4.69) is 46.0 Å². The summed E-state index contributed by atoms with van der Waals surface area (Å²) in [5.74, 6) is 0.547. The van der Waals surface area contributed by atoms with E-state index < -0.39 is 0 Å². The number of hydrogen-bond acceptors (Lipinski definition) is 2. The van der Waals surface area contributed by atoms with Gasteiger partial charge in [0.25, 0.3) is 0 Å². The summed E-state index contributed by atoms with van der Waals surface area (Å²) < 4.78 is 14.6. The smallest absolute Gasteiger partial charge is 0.139 e. The van der Waals surface area contributed by atoms with Crippen LogP contribution in [0.3, 0.4) is 0 Å². The summed E-state index contributed by atoms with van der Waals surface area (Å²) in [7, 11) is 0. The molecule has 0 spiro atoms. The summed E-state index contributed by atoms with van der Waals surface area (Å²) >= 11 is 0. The zero-order valence-corrected chi connectivity index (χ0v) is 13.7. The molecule has 0 bridgehead atoms. The third-order valence-electron chi connectivity index (χ3n) is 5.01. The van der Waals surface area contributed by atoms with E-state index in [1.165, 1.54) is 5.69 Å². The molecule has 0 N–H and O–H groups in total. The molecule has 0 radical (unpaired) electrons. The Hall–Kier alpha value is -2.36. The maximum absolute atomic E-state index is 12.5. The molecule has 4 heteroatoms. The maximum Gasteiger partial charge on any atom is 0.139 e. The quantitative estimate of drug-likeness (QED) is 0.700. The van der Waals surface area contributed by atoms with Crippen molar-refractivity contribution in [2.24, 2.45) is 5.92 Å². The van der Waals surface area contributed by atoms with Gasteiger partial charge in [-0.3, -0.25) is 4.39 Å². The molecule has 0 atom stereocenters. The molecular weight excluding hydrogens is 301 g/mol. The standard InChI is InChI=1S/C20H22FN3/c21-10-6-16-7-11-23(12-8-16)18-9-13-24-15-19(22-20(24)14-18)17-4-2-1-3-5-17/h1-5,9,13-16H,6-8,10-12H2. The summed E-state index contributed by atoms with van der Waals surface area (Å²) in [5, 5.41) is 0. The van der Waals surface area contributed by atoms with Gasteiger partial charge in [0.05, 0.1) is 12.4 Å². The van der Waals surface area contributed by atoms with E-state index in [9.17, 15) is 4.39 Å². The first-order valence-electron chi connectivity index (χ1n) is 8.68. The molecule has 2 aromatic heterocycles. The van der Waals surface area contributed by atoms with E-state index in [4.69, 9.17) is 4.98 Å². The van der Waals surface area contributed by atoms with Gasteiger partial charge in [-0.05, 0) is 31.2 Å². The monoisotopic (exact) mass is 323 g/mol. The topological polar surface area (TPSA) is 20.5 Å². The molecule has 1 aromatic carbocycles. The van der Waals surface area contributed by atoms with E-state index in [0.717, 1.165) is 42.8 Å². The zero-order valence-electron chi connectivity index (χ0n) is 13.7. The Morgan fingerprint density at radius 2 is 1.88 bits per heavy atom. The number of hydrogen-bond donors (Lipinski definition) is 0. The second-order valence-corrected chi connectivity index (χ2v) is 6.55. The van der Waals surface area contributed by atoms with Crippen LogP contribution in [0.2, 0.25) is 0 Å². The molecule has 1 saturated heterocycles. The lowest BCUT2D eigenvalue weighted by atomic mass is 9.94. The number of fused-ring (bicyclic) bond motifs is 1. The summed E-state index contributed by atoms with van der Waals surface area (Å²) in [5.41, 5.74) is 4.31. The second kappa shape index (κ2) is 6.63. The van der Waals surface area contributed by atoms with Crippen molar-refractivity contribution in [1.29, 1.82) is 0 Å². The number of alkyl halides is 1. The maximum atomic E-state index is 12.5. The number of imidazole rings is 1. The van der Waals surface area contributed by atoms with E-state index in [1.54, 1.807) is 0 Å². The molecule has 124 valence electrons. The van der Waals surface area contributed by atoms with Gasteiger partial charge in [-0.25, -0.2) is 4.98 Å². The molecule has 0 aliphatic carbocycles. The minimum atomic E-state index is -0.188. The minimum absolute atomic E-state index is 0.188. The van der Waals surface area contributed by atoms with Crippen LogP contribution in [0.15, 0.2) is 54.9 Å². The van der Waals surface area contributed by atoms with E-state index >= 15 is 0 Å². The predicted molar refractivity (Wildman–Crippen MR) is 96.2 cm³/mol. The lowest BCUT2D eigenvalue weighted by Gasteiger charge is -2.33. The van der Waals surface area contributed by atoms with E-state index in [0.29, 0.717) is 12.3 Å². The van der Waals surface area contributed by atoms with Crippen LogP contribution >= 0.6 is 0 Å². The highest BCUT2D eigenvalue weighted by atomic mass is 19.1. The van der Waals surface area contributed by atoms with Gasteiger partial charge >= 0.3 is 0 Å². The number of benzene rings is 1. The van der Waals surface area contributed by atoms with Gasteiger partial charge in [0, 0.05) is 42.8 Å². The molecule has 0 unspecified atom stereocenters. The zero-order chi connectivity index (χ0) is 16.4. The van der Waals surface area contributed by atoms with Crippen molar-refractivity contribution >= 4 is 11.3 Å². The van der Waals surface area contributed by atoms with E-state index in [1.807, 2.05) is 18.2 Å². The highest BCUT2D eigenvalue weighted by Crippen LogP contribution is 2.27. The lowest BCUT2D eigenvalue weighted by Crippen LogP contribution is -2.33. The van der Waals surface area contributed by atoms with Gasteiger partial charge in [-0.1, -0.05) is 30.3 Å². The fourth-order valence-corrected chi connectivity index (χ4v) is 3.55. The SMILES string of the molecule is FCCC1CCN(c2ccn3cc(-c4ccccc4)nc3c2)CC1. The Morgan fingerprint density at radius 3 is 2.62 bits per heavy atom. The largest absolute Gasteiger partial charge is 0.371 e. The Morgan fingerprint density at radius 1 is 1.08 bits per heavy atom. The molecule has 1 aliphatic heterocycles. The Balaban J connectivity index is 1.56. The first-order chi connectivity index (χ1) is 11.8. The van der Waals surface area contributed by atoms with Gasteiger partial charge in [0.15, 0.2) is 0 Å². The van der Waals surface area contributed by atoms with Crippen LogP contribution in [0.4, 0.5) is 10.1 Å². The van der Waals surface area contributed by atoms with Crippen LogP contribution < -0.4 is 4.90 Å². The first kappa shape index (κ1) is 15.2. The minimum Gasteiger partial charge on any atom is -0.371 e. The molecule has 24 heavy (non-hydrogen) atoms. The molecule has 1 aliphatic rings. The summed E-state index contributed by atoms with van der Waals surface area (Å²) in [6.45, 7) is 1.83. The highest BCUT2D eigenvalue weighted by Gasteiger charge is 2.19. The number of pyridine rings is 1. The fraction of sp³-hybridized carbons (Fsp3) is 0.350. The molecule has 0 amide bonds. The van der Waals surface area contributed by atoms with Gasteiger partial charge in [0.1, 0.15) is 5.65 Å². The summed E-state index contributed by atoms with van der Waals surface area (Å²) in [4.78, 5) is 7.16. The van der Waals surface area contributed by atoms with Crippen LogP contribution in [0.1, 0.15) is 19.3 Å². The van der Waals surface area contributed by atoms with Crippen molar-refractivity contribution in [2.45, 2.75) is 19.3 Å². The number of halogens is 1. The molecule has 3 nitrogen and oxygen atoms in total. The summed E-state index contributed by atoms with van der Waals surface area (Å²) in [6.07, 6.45) is 7.03. The Bertz CT molecular complexity index is 804. The van der Waals surface area contributed by atoms with Gasteiger partial charge in [-0.15, -0.1) is 0 Å². The summed E-state index contributed by atoms with van der Waals surface area (Å²) in [6, 6.07) is 14.6. The fourth-order valence-electron chi connectivity index (χ4n) is 3.55. The van der Waals surface area contributed by atoms with Crippen LogP contribution in [0.5, 0.6) is 0 Å². The van der Waals surface area contributed by atoms with Crippen molar-refractivity contribution in [3.05, 3.63) is 54.9 Å². The molecule has 0 saturated carbocycles. The van der Waals surface area contributed by atoms with Crippen molar-refractivity contribution in [3.8, 4) is 11.3 Å². The second-order valence-electron chi connectivity index (χ2n) is 6.55. The molecule has 1 fully saturated rings. The molecular formula is C20H22FN3. The van der Waals surface area contributed by atoms with E-state index in [-0.39, 0.29) is 6.67 Å². The normalized spacial score (nSPS) is 16.0. The average Bonchev–Trinajstić information content (AvgIpc) is 3.07. The van der Waals surface area contributed by atoms with Crippen LogP contribution in [-0.4, -0.2) is 29.1 Å². The van der Waals surface area contributed by atoms with Gasteiger partial charge in [0.2, 0.25) is 0 Å². The number of aromatic nitrogens is 2. The lowest BCUT2D eigenvalue weighted by molar-refractivity contribution is 0.332. The number of anilines is 1. The van der Waals surface area contributed by atoms with Crippen molar-refractivity contribution in [1.82, 2.24) is 9.38 Å². The first-order valence-corrected chi connectivity index (χ1v) is 8.68. The Labute approximate surface area is 141 Å². The predicted octanol–water partition coefficient (Wildman–Crippen LogP) is 4.58. The number of rotatable bonds is 4. The van der Waals surface area contributed by atoms with Crippen LogP contribution in [0.25, 0.3) is 16.9 Å². The van der Waals surface area contributed by atoms with Crippen LogP contribution in [0, 0.1) is 5.92 Å². The highest BCUT2D eigenvalue weighted by molar-refractivity contribution is 5.65. The Kier molecular flexibility index (Phi) is 4.20. The third-order valence-corrected chi connectivity index (χ3v) is 5.01. The third kappa shape index (κ3) is 3.01. The number of nitrogens with zero attached hydrogens (tertiary/aromatic N) is 3. The van der Waals surface area contributed by atoms with Crippen molar-refractivity contribution < 1.29 is 4.39 Å². The number of piperidine rings is 1. The van der Waals surface area contributed by atoms with Gasteiger partial charge in [-0.2, -0.15) is 0 Å². The molecule has 3 heterocycles. The van der Waals surface area contributed by atoms with Crippen molar-refractivity contribution in [3.63, 3.8) is 0 Å². The molecule has 3 aromatic rings.